The number of ether oxygens (including phenoxy) is 1. The van der Waals surface area contributed by atoms with E-state index in [-0.39, 0.29) is 5.75 Å². The summed E-state index contributed by atoms with van der Waals surface area (Å²) in [7, 11) is 0. The van der Waals surface area contributed by atoms with E-state index in [2.05, 4.69) is 0 Å². The van der Waals surface area contributed by atoms with Gasteiger partial charge >= 0.3 is 121 Å². The predicted molar refractivity (Wildman–Crippen MR) is 74.6 cm³/mol. The minimum absolute atomic E-state index is 0.0235. The molecule has 0 spiro atoms. The first kappa shape index (κ1) is 14.3. The van der Waals surface area contributed by atoms with Gasteiger partial charge in [0.1, 0.15) is 0 Å². The molecule has 0 saturated carbocycles. The molecule has 1 aromatic carbocycles. The summed E-state index contributed by atoms with van der Waals surface area (Å²) in [5, 5.41) is 0. The fourth-order valence-corrected chi connectivity index (χ4v) is 4.59. The Morgan fingerprint density at radius 3 is 2.63 bits per heavy atom. The molecule has 1 aromatic heterocycles. The van der Waals surface area contributed by atoms with E-state index in [1.165, 1.54) is 9.65 Å². The van der Waals surface area contributed by atoms with Crippen LogP contribution >= 0.6 is 0 Å². The van der Waals surface area contributed by atoms with Crippen molar-refractivity contribution < 1.29 is 13.5 Å². The van der Waals surface area contributed by atoms with Gasteiger partial charge in [0.2, 0.25) is 0 Å². The van der Waals surface area contributed by atoms with Crippen molar-refractivity contribution in [3.63, 3.8) is 0 Å². The van der Waals surface area contributed by atoms with Gasteiger partial charge < -0.3 is 0 Å². The van der Waals surface area contributed by atoms with Crippen LogP contribution in [0.5, 0.6) is 5.75 Å². The minimum atomic E-state index is -0.896. The van der Waals surface area contributed by atoms with E-state index in [1.807, 2.05) is 31.2 Å². The van der Waals surface area contributed by atoms with Crippen LogP contribution < -0.4 is 4.74 Å². The summed E-state index contributed by atoms with van der Waals surface area (Å²) in [6.07, 6.45) is 3.98. The quantitative estimate of drug-likeness (QED) is 0.730. The third-order valence-electron chi connectivity index (χ3n) is 2.57. The van der Waals surface area contributed by atoms with Crippen molar-refractivity contribution in [1.82, 2.24) is 0 Å². The van der Waals surface area contributed by atoms with Crippen LogP contribution in [-0.2, 0) is 0 Å². The standard InChI is InChI=1S/C15H14F2OTe/c1-3-5-10-6-9-13(19-10)11-7-8-12(18-4-2)15(17)14(11)16/h3,5-9H,4H2,1-2H3/b5-3-. The molecule has 0 radical (unpaired) electrons. The molecular formula is C15H14F2OTe. The molecule has 4 heteroatoms. The second-order valence-corrected chi connectivity index (χ2v) is 7.06. The Morgan fingerprint density at radius 1 is 1.16 bits per heavy atom. The Morgan fingerprint density at radius 2 is 1.95 bits per heavy atom. The van der Waals surface area contributed by atoms with Crippen LogP contribution in [-0.4, -0.2) is 27.0 Å². The first-order valence-corrected chi connectivity index (χ1v) is 8.34. The average molecular weight is 376 g/mol. The summed E-state index contributed by atoms with van der Waals surface area (Å²) in [5.74, 6) is -1.73. The maximum absolute atomic E-state index is 14.0. The van der Waals surface area contributed by atoms with Crippen molar-refractivity contribution in [1.29, 1.82) is 0 Å². The number of benzene rings is 1. The second-order valence-electron chi connectivity index (χ2n) is 3.87. The Hall–Kier alpha value is -1.11. The van der Waals surface area contributed by atoms with Gasteiger partial charge in [-0.1, -0.05) is 0 Å². The summed E-state index contributed by atoms with van der Waals surface area (Å²) in [4.78, 5) is 0. The number of rotatable bonds is 4. The van der Waals surface area contributed by atoms with E-state index in [4.69, 9.17) is 4.74 Å². The molecular weight excluding hydrogens is 362 g/mol. The van der Waals surface area contributed by atoms with Crippen molar-refractivity contribution >= 4 is 26.5 Å². The summed E-state index contributed by atoms with van der Waals surface area (Å²) < 4.78 is 35.0. The molecule has 0 aliphatic carbocycles. The second kappa shape index (κ2) is 6.36. The molecule has 100 valence electrons. The number of halogens is 2. The fraction of sp³-hybridized carbons (Fsp3) is 0.200. The Bertz CT molecular complexity index is 602. The van der Waals surface area contributed by atoms with Crippen LogP contribution in [0.25, 0.3) is 15.2 Å². The molecule has 0 atom stereocenters. The van der Waals surface area contributed by atoms with Crippen molar-refractivity contribution in [2.45, 2.75) is 13.8 Å². The number of hydrogen-bond acceptors (Lipinski definition) is 1. The molecule has 0 fully saturated rings. The number of hydrogen-bond donors (Lipinski definition) is 0. The van der Waals surface area contributed by atoms with Gasteiger partial charge in [0.25, 0.3) is 0 Å². The molecule has 2 rings (SSSR count). The maximum atomic E-state index is 14.0. The van der Waals surface area contributed by atoms with Gasteiger partial charge in [-0.3, -0.25) is 0 Å². The van der Waals surface area contributed by atoms with Crippen molar-refractivity contribution in [2.24, 2.45) is 0 Å². The Kier molecular flexibility index (Phi) is 4.79. The summed E-state index contributed by atoms with van der Waals surface area (Å²) in [6.45, 7) is 4.01. The van der Waals surface area contributed by atoms with Crippen LogP contribution in [0.1, 0.15) is 17.4 Å². The topological polar surface area (TPSA) is 9.23 Å². The summed E-state index contributed by atoms with van der Waals surface area (Å²) in [5.41, 5.74) is 0.360. The Balaban J connectivity index is 2.42. The zero-order valence-corrected chi connectivity index (χ0v) is 13.1. The van der Waals surface area contributed by atoms with E-state index >= 15 is 0 Å². The Labute approximate surface area is 121 Å². The molecule has 19 heavy (non-hydrogen) atoms. The number of allylic oxidation sites excluding steroid dienone is 1. The zero-order valence-electron chi connectivity index (χ0n) is 10.7. The van der Waals surface area contributed by atoms with Gasteiger partial charge in [0.15, 0.2) is 0 Å². The molecule has 0 unspecified atom stereocenters. The molecule has 1 nitrogen and oxygen atoms in total. The summed E-state index contributed by atoms with van der Waals surface area (Å²) >= 11 is -0.626. The van der Waals surface area contributed by atoms with Crippen LogP contribution in [0.4, 0.5) is 8.78 Å². The van der Waals surface area contributed by atoms with Gasteiger partial charge in [0, 0.05) is 0 Å². The van der Waals surface area contributed by atoms with Gasteiger partial charge in [-0.15, -0.1) is 0 Å². The summed E-state index contributed by atoms with van der Waals surface area (Å²) in [6, 6.07) is 6.96. The van der Waals surface area contributed by atoms with Crippen molar-refractivity contribution in [3.8, 4) is 14.9 Å². The van der Waals surface area contributed by atoms with E-state index in [9.17, 15) is 8.78 Å². The molecule has 0 bridgehead atoms. The molecule has 0 aliphatic rings. The van der Waals surface area contributed by atoms with Gasteiger partial charge in [-0.05, 0) is 0 Å². The van der Waals surface area contributed by atoms with Crippen LogP contribution in [0.15, 0.2) is 30.3 Å². The van der Waals surface area contributed by atoms with E-state index < -0.39 is 32.1 Å². The predicted octanol–water partition coefficient (Wildman–Crippen LogP) is 4.12. The van der Waals surface area contributed by atoms with Crippen molar-refractivity contribution in [3.05, 3.63) is 45.6 Å². The third kappa shape index (κ3) is 3.08. The van der Waals surface area contributed by atoms with E-state index in [0.29, 0.717) is 12.2 Å². The third-order valence-corrected chi connectivity index (χ3v) is 5.66. The molecule has 0 N–H and O–H groups in total. The monoisotopic (exact) mass is 378 g/mol. The normalized spacial score (nSPS) is 11.2. The van der Waals surface area contributed by atoms with Crippen LogP contribution in [0.3, 0.4) is 0 Å². The van der Waals surface area contributed by atoms with Gasteiger partial charge in [-0.2, -0.15) is 0 Å². The van der Waals surface area contributed by atoms with Crippen LogP contribution in [0.2, 0.25) is 0 Å². The average Bonchev–Trinajstić information content (AvgIpc) is 2.84. The van der Waals surface area contributed by atoms with E-state index in [1.54, 1.807) is 13.0 Å². The first-order valence-electron chi connectivity index (χ1n) is 6.01. The molecule has 0 amide bonds. The fourth-order valence-electron chi connectivity index (χ4n) is 1.74. The first-order chi connectivity index (χ1) is 9.17. The molecule has 0 aliphatic heterocycles. The molecule has 2 aromatic rings. The molecule has 1 heterocycles. The van der Waals surface area contributed by atoms with E-state index in [0.717, 1.165) is 3.58 Å². The van der Waals surface area contributed by atoms with Gasteiger partial charge in [-0.25, -0.2) is 0 Å². The van der Waals surface area contributed by atoms with Crippen molar-refractivity contribution in [2.75, 3.05) is 6.61 Å². The zero-order chi connectivity index (χ0) is 13.8. The molecule has 0 saturated heterocycles. The van der Waals surface area contributed by atoms with Gasteiger partial charge in [0.05, 0.1) is 0 Å². The van der Waals surface area contributed by atoms with Crippen LogP contribution in [0, 0.1) is 11.6 Å². The SMILES string of the molecule is C/C=C\c1ccc(-c2ccc(OCC)c(F)c2F)[te]1.